The van der Waals surface area contributed by atoms with Crippen LogP contribution >= 0.6 is 11.8 Å². The summed E-state index contributed by atoms with van der Waals surface area (Å²) in [5.74, 6) is 5.95. The lowest BCUT2D eigenvalue weighted by atomic mass is 10.2. The maximum Gasteiger partial charge on any atom is 0.0540 e. The molecule has 0 saturated carbocycles. The smallest absolute Gasteiger partial charge is 0.0540 e. The zero-order valence-corrected chi connectivity index (χ0v) is 8.40. The molecule has 0 radical (unpaired) electrons. The minimum absolute atomic E-state index is 0.133. The molecule has 1 N–H and O–H groups in total. The summed E-state index contributed by atoms with van der Waals surface area (Å²) in [6.45, 7) is 0.133. The van der Waals surface area contributed by atoms with Gasteiger partial charge in [-0.15, -0.1) is 11.8 Å². The van der Waals surface area contributed by atoms with Gasteiger partial charge in [-0.05, 0) is 18.4 Å². The first-order valence-electron chi connectivity index (χ1n) is 4.11. The summed E-state index contributed by atoms with van der Waals surface area (Å²) in [6.07, 6.45) is 2.58. The van der Waals surface area contributed by atoms with Gasteiger partial charge in [0.2, 0.25) is 0 Å². The Morgan fingerprint density at radius 2 is 2.15 bits per heavy atom. The molecule has 0 fully saturated rings. The fourth-order valence-corrected chi connectivity index (χ4v) is 1.52. The Morgan fingerprint density at radius 1 is 1.38 bits per heavy atom. The Bertz CT molecular complexity index is 322. The maximum atomic E-state index is 8.56. The van der Waals surface area contributed by atoms with Crippen molar-refractivity contribution in [1.82, 2.24) is 0 Å². The summed E-state index contributed by atoms with van der Waals surface area (Å²) in [5.41, 5.74) is 1.04. The van der Waals surface area contributed by atoms with Crippen LogP contribution in [-0.4, -0.2) is 18.0 Å². The molecule has 0 aromatic heterocycles. The lowest BCUT2D eigenvalue weighted by molar-refractivity contribution is 0.305. The van der Waals surface area contributed by atoms with E-state index in [-0.39, 0.29) is 6.61 Å². The van der Waals surface area contributed by atoms with Crippen LogP contribution in [0.1, 0.15) is 12.0 Å². The van der Waals surface area contributed by atoms with Gasteiger partial charge in [0.15, 0.2) is 0 Å². The molecule has 0 aliphatic carbocycles. The molecule has 0 unspecified atom stereocenters. The molecule has 1 aromatic rings. The molecule has 0 atom stereocenters. The Morgan fingerprint density at radius 3 is 2.85 bits per heavy atom. The number of rotatable bonds is 2. The van der Waals surface area contributed by atoms with Crippen LogP contribution in [0.5, 0.6) is 0 Å². The highest BCUT2D eigenvalue weighted by atomic mass is 32.2. The first-order chi connectivity index (χ1) is 6.38. The third-order valence-corrected chi connectivity index (χ3v) is 2.36. The van der Waals surface area contributed by atoms with E-state index in [9.17, 15) is 0 Å². The van der Waals surface area contributed by atoms with Crippen molar-refractivity contribution in [2.75, 3.05) is 12.9 Å². The maximum absolute atomic E-state index is 8.56. The predicted octanol–water partition coefficient (Wildman–Crippen LogP) is 2.14. The normalized spacial score (nSPS) is 9.08. The molecule has 13 heavy (non-hydrogen) atoms. The van der Waals surface area contributed by atoms with Gasteiger partial charge in [0.25, 0.3) is 0 Å². The summed E-state index contributed by atoms with van der Waals surface area (Å²) in [7, 11) is 0. The second-order valence-electron chi connectivity index (χ2n) is 2.48. The van der Waals surface area contributed by atoms with Gasteiger partial charge in [-0.1, -0.05) is 24.0 Å². The number of aliphatic hydroxyl groups excluding tert-OH is 1. The third kappa shape index (κ3) is 3.14. The third-order valence-electron chi connectivity index (χ3n) is 1.57. The van der Waals surface area contributed by atoms with Crippen molar-refractivity contribution in [2.24, 2.45) is 0 Å². The van der Waals surface area contributed by atoms with Crippen LogP contribution in [0.4, 0.5) is 0 Å². The minimum atomic E-state index is 0.133. The summed E-state index contributed by atoms with van der Waals surface area (Å²) in [4.78, 5) is 1.19. The Kier molecular flexibility index (Phi) is 4.45. The Balaban J connectivity index is 2.82. The number of hydrogen-bond acceptors (Lipinski definition) is 2. The van der Waals surface area contributed by atoms with Gasteiger partial charge in [0.1, 0.15) is 0 Å². The highest BCUT2D eigenvalue weighted by Gasteiger charge is 1.94. The molecule has 0 amide bonds. The predicted molar refractivity (Wildman–Crippen MR) is 56.8 cm³/mol. The SMILES string of the molecule is CSc1ccccc1C#CCCO. The van der Waals surface area contributed by atoms with E-state index in [1.807, 2.05) is 30.5 Å². The molecule has 1 rings (SSSR count). The van der Waals surface area contributed by atoms with E-state index >= 15 is 0 Å². The van der Waals surface area contributed by atoms with Gasteiger partial charge in [0, 0.05) is 16.9 Å². The van der Waals surface area contributed by atoms with Crippen LogP contribution in [-0.2, 0) is 0 Å². The molecule has 0 spiro atoms. The van der Waals surface area contributed by atoms with Crippen LogP contribution in [0, 0.1) is 11.8 Å². The van der Waals surface area contributed by atoms with Crippen molar-refractivity contribution in [3.05, 3.63) is 29.8 Å². The van der Waals surface area contributed by atoms with Gasteiger partial charge in [-0.3, -0.25) is 0 Å². The molecule has 1 aromatic carbocycles. The van der Waals surface area contributed by atoms with Crippen molar-refractivity contribution >= 4 is 11.8 Å². The van der Waals surface area contributed by atoms with Crippen molar-refractivity contribution in [1.29, 1.82) is 0 Å². The van der Waals surface area contributed by atoms with Crippen molar-refractivity contribution in [3.63, 3.8) is 0 Å². The second kappa shape index (κ2) is 5.69. The molecule has 0 heterocycles. The first kappa shape index (κ1) is 10.2. The number of hydrogen-bond donors (Lipinski definition) is 1. The minimum Gasteiger partial charge on any atom is -0.395 e. The quantitative estimate of drug-likeness (QED) is 0.572. The molecular formula is C11H12OS. The highest BCUT2D eigenvalue weighted by Crippen LogP contribution is 2.18. The van der Waals surface area contributed by atoms with Crippen LogP contribution < -0.4 is 0 Å². The van der Waals surface area contributed by atoms with Crippen molar-refractivity contribution in [3.8, 4) is 11.8 Å². The zero-order valence-electron chi connectivity index (χ0n) is 7.58. The average molecular weight is 192 g/mol. The molecule has 2 heteroatoms. The van der Waals surface area contributed by atoms with E-state index in [1.54, 1.807) is 11.8 Å². The zero-order chi connectivity index (χ0) is 9.52. The average Bonchev–Trinajstić information content (AvgIpc) is 2.19. The monoisotopic (exact) mass is 192 g/mol. The van der Waals surface area contributed by atoms with Gasteiger partial charge in [-0.25, -0.2) is 0 Å². The number of thioether (sulfide) groups is 1. The largest absolute Gasteiger partial charge is 0.395 e. The Labute approximate surface area is 83.2 Å². The summed E-state index contributed by atoms with van der Waals surface area (Å²) in [6, 6.07) is 8.02. The molecule has 0 bridgehead atoms. The second-order valence-corrected chi connectivity index (χ2v) is 3.32. The summed E-state index contributed by atoms with van der Waals surface area (Å²) < 4.78 is 0. The van der Waals surface area contributed by atoms with Gasteiger partial charge in [0.05, 0.1) is 6.61 Å². The number of aliphatic hydroxyl groups is 1. The first-order valence-corrected chi connectivity index (χ1v) is 5.33. The van der Waals surface area contributed by atoms with Crippen LogP contribution in [0.15, 0.2) is 29.2 Å². The van der Waals surface area contributed by atoms with E-state index in [4.69, 9.17) is 5.11 Å². The van der Waals surface area contributed by atoms with Gasteiger partial charge in [-0.2, -0.15) is 0 Å². The van der Waals surface area contributed by atoms with Crippen LogP contribution in [0.3, 0.4) is 0 Å². The highest BCUT2D eigenvalue weighted by molar-refractivity contribution is 7.98. The van der Waals surface area contributed by atoms with Crippen LogP contribution in [0.25, 0.3) is 0 Å². The van der Waals surface area contributed by atoms with E-state index in [1.165, 1.54) is 4.90 Å². The summed E-state index contributed by atoms with van der Waals surface area (Å²) >= 11 is 1.69. The van der Waals surface area contributed by atoms with E-state index < -0.39 is 0 Å². The van der Waals surface area contributed by atoms with Gasteiger partial charge >= 0.3 is 0 Å². The topological polar surface area (TPSA) is 20.2 Å². The number of benzene rings is 1. The fourth-order valence-electron chi connectivity index (χ4n) is 0.962. The van der Waals surface area contributed by atoms with Gasteiger partial charge < -0.3 is 5.11 Å². The summed E-state index contributed by atoms with van der Waals surface area (Å²) in [5, 5.41) is 8.56. The molecule has 0 aliphatic rings. The fraction of sp³-hybridized carbons (Fsp3) is 0.273. The van der Waals surface area contributed by atoms with Crippen molar-refractivity contribution < 1.29 is 5.11 Å². The molecular weight excluding hydrogens is 180 g/mol. The van der Waals surface area contributed by atoms with E-state index in [2.05, 4.69) is 11.8 Å². The standard InChI is InChI=1S/C11H12OS/c1-13-11-8-3-2-6-10(11)7-4-5-9-12/h2-3,6,8,12H,5,9H2,1H3. The Hall–Kier alpha value is -0.910. The van der Waals surface area contributed by atoms with Crippen LogP contribution in [0.2, 0.25) is 0 Å². The molecule has 0 saturated heterocycles. The van der Waals surface area contributed by atoms with Crippen molar-refractivity contribution in [2.45, 2.75) is 11.3 Å². The van der Waals surface area contributed by atoms with E-state index in [0.29, 0.717) is 6.42 Å². The molecule has 1 nitrogen and oxygen atoms in total. The van der Waals surface area contributed by atoms with E-state index in [0.717, 1.165) is 5.56 Å². The molecule has 0 aliphatic heterocycles. The lowest BCUT2D eigenvalue weighted by Crippen LogP contribution is -1.80. The lowest BCUT2D eigenvalue weighted by Gasteiger charge is -1.98. The molecule has 68 valence electrons.